The van der Waals surface area contributed by atoms with Gasteiger partial charge in [-0.05, 0) is 92.4 Å². The predicted octanol–water partition coefficient (Wildman–Crippen LogP) is 15.0. The van der Waals surface area contributed by atoms with E-state index in [-0.39, 0.29) is 23.0 Å². The second-order valence-corrected chi connectivity index (χ2v) is 17.3. The van der Waals surface area contributed by atoms with Crippen LogP contribution < -0.4 is 18.9 Å². The third kappa shape index (κ3) is 16.3. The summed E-state index contributed by atoms with van der Waals surface area (Å²) in [4.78, 5) is 0. The van der Waals surface area contributed by atoms with Gasteiger partial charge < -0.3 is 18.9 Å². The molecule has 0 radical (unpaired) electrons. The zero-order valence-electron chi connectivity index (χ0n) is 35.1. The first kappa shape index (κ1) is 46.1. The van der Waals surface area contributed by atoms with Gasteiger partial charge >= 0.3 is 0 Å². The number of hydrogen-bond donors (Lipinski definition) is 0. The lowest BCUT2D eigenvalue weighted by Gasteiger charge is -2.28. The topological polar surface area (TPSA) is 36.9 Å². The molecule has 4 nitrogen and oxygen atoms in total. The zero-order valence-corrected chi connectivity index (χ0v) is 35.1. The van der Waals surface area contributed by atoms with Gasteiger partial charge in [0.2, 0.25) is 23.3 Å². The summed E-state index contributed by atoms with van der Waals surface area (Å²) in [6, 6.07) is 5.97. The first-order valence-electron chi connectivity index (χ1n) is 22.8. The Morgan fingerprint density at radius 2 is 0.750 bits per heavy atom. The molecule has 56 heavy (non-hydrogen) atoms. The van der Waals surface area contributed by atoms with Crippen LogP contribution in [0.2, 0.25) is 0 Å². The zero-order chi connectivity index (χ0) is 40.0. The van der Waals surface area contributed by atoms with Crippen LogP contribution in [0.25, 0.3) is 0 Å². The molecule has 0 saturated heterocycles. The van der Waals surface area contributed by atoms with E-state index in [1.54, 1.807) is 0 Å². The van der Waals surface area contributed by atoms with Gasteiger partial charge in [-0.1, -0.05) is 136 Å². The molecule has 0 amide bonds. The summed E-state index contributed by atoms with van der Waals surface area (Å²) >= 11 is 0. The normalized spacial score (nSPS) is 20.5. The summed E-state index contributed by atoms with van der Waals surface area (Å²) in [5.41, 5.74) is 0. The molecular weight excluding hydrogens is 717 g/mol. The van der Waals surface area contributed by atoms with E-state index >= 15 is 0 Å². The third-order valence-electron chi connectivity index (χ3n) is 12.5. The summed E-state index contributed by atoms with van der Waals surface area (Å²) in [5.74, 6) is -0.820. The second-order valence-electron chi connectivity index (χ2n) is 17.3. The van der Waals surface area contributed by atoms with Crippen LogP contribution in [0.15, 0.2) is 24.3 Å². The quantitative estimate of drug-likeness (QED) is 0.0635. The Balaban J connectivity index is 0.945. The molecule has 0 bridgehead atoms. The van der Waals surface area contributed by atoms with Gasteiger partial charge in [-0.2, -0.15) is 17.6 Å². The molecule has 0 unspecified atom stereocenters. The Labute approximate surface area is 337 Å². The van der Waals surface area contributed by atoms with Crippen LogP contribution in [0, 0.1) is 52.9 Å². The Bertz CT molecular complexity index is 1250. The first-order valence-corrected chi connectivity index (χ1v) is 22.8. The number of halogens is 4. The largest absolute Gasteiger partial charge is 0.490 e. The van der Waals surface area contributed by atoms with Crippen molar-refractivity contribution in [3.63, 3.8) is 0 Å². The molecule has 2 aromatic carbocycles. The fourth-order valence-corrected chi connectivity index (χ4v) is 8.84. The van der Waals surface area contributed by atoms with Crippen LogP contribution in [0.5, 0.6) is 23.0 Å². The summed E-state index contributed by atoms with van der Waals surface area (Å²) in [5, 5.41) is 0. The van der Waals surface area contributed by atoms with Gasteiger partial charge in [-0.15, -0.1) is 0 Å². The van der Waals surface area contributed by atoms with Crippen molar-refractivity contribution in [2.24, 2.45) is 29.6 Å². The molecule has 318 valence electrons. The van der Waals surface area contributed by atoms with Crippen LogP contribution in [0.1, 0.15) is 175 Å². The van der Waals surface area contributed by atoms with Gasteiger partial charge in [0.15, 0.2) is 23.0 Å². The van der Waals surface area contributed by atoms with E-state index in [9.17, 15) is 17.6 Å². The lowest BCUT2D eigenvalue weighted by Crippen LogP contribution is -2.20. The molecule has 0 aliphatic heterocycles. The molecule has 0 aromatic heterocycles. The maximum atomic E-state index is 14.7. The molecule has 2 aliphatic rings. The standard InChI is InChI=1S/C48H74F4O4/c1-4-16-37-20-24-39(25-21-37)34-55-43-30-28-41(45(49)47(43)51)53-32-14-10-6-8-12-18-36(3)19-13-9-7-11-15-33-54-42-29-31-44(48(52)46(42)50)56-35-40-26-22-38(17-5-2)23-27-40/h28-31,36-40H,4-27,32-35H2,1-3H3. The SMILES string of the molecule is CCCC1CCC(COc2ccc(OCCCCCCCC(C)CCCCCCCOc3ccc(OCC4CCC(CCC)CC4)c(F)c3F)c(F)c2F)CC1. The third-order valence-corrected chi connectivity index (χ3v) is 12.5. The fourth-order valence-electron chi connectivity index (χ4n) is 8.84. The van der Waals surface area contributed by atoms with Crippen LogP contribution in [0.3, 0.4) is 0 Å². The molecule has 0 spiro atoms. The molecule has 4 rings (SSSR count). The van der Waals surface area contributed by atoms with E-state index in [1.807, 2.05) is 0 Å². The monoisotopic (exact) mass is 791 g/mol. The van der Waals surface area contributed by atoms with Crippen molar-refractivity contribution in [3.8, 4) is 23.0 Å². The van der Waals surface area contributed by atoms with Gasteiger partial charge in [0, 0.05) is 0 Å². The lowest BCUT2D eigenvalue weighted by atomic mass is 9.80. The Hall–Kier alpha value is -2.64. The Kier molecular flexibility index (Phi) is 21.7. The van der Waals surface area contributed by atoms with Crippen molar-refractivity contribution >= 4 is 0 Å². The first-order chi connectivity index (χ1) is 27.3. The molecule has 0 atom stereocenters. The maximum Gasteiger partial charge on any atom is 0.204 e. The van der Waals surface area contributed by atoms with Gasteiger partial charge in [-0.25, -0.2) is 0 Å². The smallest absolute Gasteiger partial charge is 0.204 e. The van der Waals surface area contributed by atoms with Gasteiger partial charge in [0.1, 0.15) is 0 Å². The van der Waals surface area contributed by atoms with Gasteiger partial charge in [0.25, 0.3) is 0 Å². The number of rotatable bonds is 28. The van der Waals surface area contributed by atoms with E-state index in [0.717, 1.165) is 76.0 Å². The highest BCUT2D eigenvalue weighted by Gasteiger charge is 2.24. The van der Waals surface area contributed by atoms with E-state index in [0.29, 0.717) is 44.2 Å². The van der Waals surface area contributed by atoms with Crippen molar-refractivity contribution in [2.75, 3.05) is 26.4 Å². The van der Waals surface area contributed by atoms with Crippen molar-refractivity contribution in [1.29, 1.82) is 0 Å². The summed E-state index contributed by atoms with van der Waals surface area (Å²) in [6.45, 7) is 8.40. The van der Waals surface area contributed by atoms with E-state index in [2.05, 4.69) is 20.8 Å². The number of unbranched alkanes of at least 4 members (excludes halogenated alkanes) is 8. The number of ether oxygens (including phenoxy) is 4. The molecule has 2 fully saturated rings. The maximum absolute atomic E-state index is 14.7. The highest BCUT2D eigenvalue weighted by atomic mass is 19.2. The van der Waals surface area contributed by atoms with E-state index in [4.69, 9.17) is 18.9 Å². The summed E-state index contributed by atoms with van der Waals surface area (Å²) < 4.78 is 81.2. The van der Waals surface area contributed by atoms with Gasteiger partial charge in [0.05, 0.1) is 26.4 Å². The summed E-state index contributed by atoms with van der Waals surface area (Å²) in [7, 11) is 0. The van der Waals surface area contributed by atoms with Crippen molar-refractivity contribution in [1.82, 2.24) is 0 Å². The minimum Gasteiger partial charge on any atom is -0.490 e. The van der Waals surface area contributed by atoms with Crippen molar-refractivity contribution in [3.05, 3.63) is 47.5 Å². The molecule has 2 aliphatic carbocycles. The van der Waals surface area contributed by atoms with Crippen molar-refractivity contribution in [2.45, 2.75) is 175 Å². The van der Waals surface area contributed by atoms with Crippen LogP contribution in [0.4, 0.5) is 17.6 Å². The molecule has 8 heteroatoms. The summed E-state index contributed by atoms with van der Waals surface area (Å²) in [6.07, 6.45) is 27.2. The Morgan fingerprint density at radius 3 is 1.11 bits per heavy atom. The molecule has 0 N–H and O–H groups in total. The molecule has 0 heterocycles. The van der Waals surface area contributed by atoms with E-state index < -0.39 is 23.3 Å². The van der Waals surface area contributed by atoms with Crippen molar-refractivity contribution < 1.29 is 36.5 Å². The predicted molar refractivity (Wildman–Crippen MR) is 220 cm³/mol. The second kappa shape index (κ2) is 26.4. The Morgan fingerprint density at radius 1 is 0.446 bits per heavy atom. The van der Waals surface area contributed by atoms with E-state index in [1.165, 1.54) is 114 Å². The molecule has 2 saturated carbocycles. The number of hydrogen-bond acceptors (Lipinski definition) is 4. The average Bonchev–Trinajstić information content (AvgIpc) is 3.20. The van der Waals surface area contributed by atoms with Crippen LogP contribution >= 0.6 is 0 Å². The van der Waals surface area contributed by atoms with Crippen LogP contribution in [-0.4, -0.2) is 26.4 Å². The fraction of sp³-hybridized carbons (Fsp3) is 0.750. The lowest BCUT2D eigenvalue weighted by molar-refractivity contribution is 0.172. The minimum absolute atomic E-state index is 0.0209. The molecule has 2 aromatic rings. The average molecular weight is 791 g/mol. The highest BCUT2D eigenvalue weighted by Crippen LogP contribution is 2.35. The molecular formula is C48H74F4O4. The number of benzene rings is 2. The van der Waals surface area contributed by atoms with Crippen LogP contribution in [-0.2, 0) is 0 Å². The highest BCUT2D eigenvalue weighted by molar-refractivity contribution is 5.36. The minimum atomic E-state index is -0.959. The van der Waals surface area contributed by atoms with Gasteiger partial charge in [-0.3, -0.25) is 0 Å².